The third-order valence-corrected chi connectivity index (χ3v) is 4.79. The fourth-order valence-electron chi connectivity index (χ4n) is 3.39. The first-order valence-corrected chi connectivity index (χ1v) is 9.50. The second-order valence-corrected chi connectivity index (χ2v) is 6.96. The predicted octanol–water partition coefficient (Wildman–Crippen LogP) is 0.477. The molecule has 2 aromatic rings. The Morgan fingerprint density at radius 2 is 2.36 bits per heavy atom. The van der Waals surface area contributed by atoms with Gasteiger partial charge in [0.15, 0.2) is 0 Å². The van der Waals surface area contributed by atoms with E-state index in [2.05, 4.69) is 20.6 Å². The molecule has 3 atom stereocenters. The lowest BCUT2D eigenvalue weighted by molar-refractivity contribution is -0.128. The number of nitrogens with one attached hydrogen (secondary N) is 1. The number of amides is 1. The first-order chi connectivity index (χ1) is 13.7. The molecule has 2 aromatic heterocycles. The summed E-state index contributed by atoms with van der Waals surface area (Å²) in [7, 11) is 1.62. The minimum atomic E-state index is -0.406. The quantitative estimate of drug-likeness (QED) is 0.641. The molecule has 0 saturated carbocycles. The van der Waals surface area contributed by atoms with E-state index in [4.69, 9.17) is 9.47 Å². The molecule has 0 unspecified atom stereocenters. The molecule has 1 aliphatic rings. The van der Waals surface area contributed by atoms with Gasteiger partial charge in [0.1, 0.15) is 11.8 Å². The molecule has 1 amide bonds. The topological polar surface area (TPSA) is 111 Å². The van der Waals surface area contributed by atoms with Crippen LogP contribution in [0, 0.1) is 0 Å². The summed E-state index contributed by atoms with van der Waals surface area (Å²) in [6, 6.07) is 3.48. The van der Waals surface area contributed by atoms with Crippen LogP contribution in [0.2, 0.25) is 0 Å². The van der Waals surface area contributed by atoms with Crippen LogP contribution in [-0.2, 0) is 33.8 Å². The van der Waals surface area contributed by atoms with Gasteiger partial charge < -0.3 is 19.9 Å². The van der Waals surface area contributed by atoms with Crippen LogP contribution in [0.1, 0.15) is 30.5 Å². The molecule has 0 radical (unpaired) electrons. The van der Waals surface area contributed by atoms with Crippen LogP contribution >= 0.6 is 0 Å². The molecule has 1 aliphatic heterocycles. The Morgan fingerprint density at radius 3 is 3.11 bits per heavy atom. The van der Waals surface area contributed by atoms with Gasteiger partial charge in [-0.1, -0.05) is 11.3 Å². The zero-order chi connectivity index (χ0) is 19.8. The highest BCUT2D eigenvalue weighted by molar-refractivity contribution is 5.78. The number of nitrogens with zero attached hydrogens (tertiary/aromatic N) is 4. The number of hydrogen-bond donors (Lipinski definition) is 2. The van der Waals surface area contributed by atoms with Crippen molar-refractivity contribution in [2.75, 3.05) is 13.7 Å². The molecule has 9 heteroatoms. The fraction of sp³-hybridized carbons (Fsp3) is 0.579. The van der Waals surface area contributed by atoms with Gasteiger partial charge in [0, 0.05) is 26.0 Å². The second-order valence-electron chi connectivity index (χ2n) is 6.96. The molecule has 0 aromatic carbocycles. The number of aromatic nitrogens is 4. The highest BCUT2D eigenvalue weighted by Crippen LogP contribution is 2.22. The summed E-state index contributed by atoms with van der Waals surface area (Å²) in [5, 5.41) is 20.8. The number of ether oxygens (including phenoxy) is 2. The van der Waals surface area contributed by atoms with Crippen molar-refractivity contribution in [2.45, 2.75) is 57.1 Å². The average Bonchev–Trinajstić information content (AvgIpc) is 3.15. The van der Waals surface area contributed by atoms with Crippen LogP contribution in [-0.4, -0.2) is 63.0 Å². The molecule has 0 bridgehead atoms. The number of pyridine rings is 1. The van der Waals surface area contributed by atoms with E-state index in [1.807, 2.05) is 12.3 Å². The van der Waals surface area contributed by atoms with E-state index in [9.17, 15) is 9.90 Å². The third-order valence-electron chi connectivity index (χ3n) is 4.79. The number of aliphatic hydroxyl groups is 1. The fourth-order valence-corrected chi connectivity index (χ4v) is 3.39. The van der Waals surface area contributed by atoms with E-state index in [-0.39, 0.29) is 31.1 Å². The van der Waals surface area contributed by atoms with Crippen LogP contribution in [0.3, 0.4) is 0 Å². The molecule has 9 nitrogen and oxygen atoms in total. The Morgan fingerprint density at radius 1 is 1.46 bits per heavy atom. The molecule has 28 heavy (non-hydrogen) atoms. The molecule has 0 aliphatic carbocycles. The van der Waals surface area contributed by atoms with Gasteiger partial charge in [-0.05, 0) is 30.9 Å². The summed E-state index contributed by atoms with van der Waals surface area (Å²) >= 11 is 0. The number of aryl methyl sites for hydroxylation is 1. The number of rotatable bonds is 9. The lowest BCUT2D eigenvalue weighted by Gasteiger charge is -2.36. The summed E-state index contributed by atoms with van der Waals surface area (Å²) in [4.78, 5) is 16.3. The maximum Gasteiger partial charge on any atom is 0.224 e. The number of carbonyl (C=O) groups excluding carboxylic acids is 1. The van der Waals surface area contributed by atoms with E-state index < -0.39 is 6.10 Å². The smallest absolute Gasteiger partial charge is 0.224 e. The molecule has 3 heterocycles. The molecule has 1 fully saturated rings. The van der Waals surface area contributed by atoms with E-state index in [1.54, 1.807) is 30.3 Å². The minimum absolute atomic E-state index is 0.0127. The number of aliphatic hydroxyl groups excluding tert-OH is 1. The highest BCUT2D eigenvalue weighted by Gasteiger charge is 2.31. The molecule has 2 N–H and O–H groups in total. The Labute approximate surface area is 164 Å². The zero-order valence-electron chi connectivity index (χ0n) is 16.0. The van der Waals surface area contributed by atoms with Gasteiger partial charge in [-0.3, -0.25) is 14.5 Å². The average molecular weight is 389 g/mol. The number of hydrogen-bond acceptors (Lipinski definition) is 7. The SMILES string of the molecule is COCc1cn(CC[C@H]2CC[C@H](NC(=O)Cc3cccnc3)[C@@H](CO)O2)nn1. The van der Waals surface area contributed by atoms with Crippen molar-refractivity contribution in [1.29, 1.82) is 0 Å². The monoisotopic (exact) mass is 389 g/mol. The van der Waals surface area contributed by atoms with Crippen molar-refractivity contribution in [3.8, 4) is 0 Å². The Bertz CT molecular complexity index is 739. The first-order valence-electron chi connectivity index (χ1n) is 9.50. The standard InChI is InChI=1S/C19H27N5O4/c1-27-13-15-11-24(23-22-15)8-6-16-4-5-17(18(12-25)28-16)21-19(26)9-14-3-2-7-20-10-14/h2-3,7,10-11,16-18,25H,4-6,8-9,12-13H2,1H3,(H,21,26)/t16-,17+,18-/m1/s1. The van der Waals surface area contributed by atoms with Crippen molar-refractivity contribution in [1.82, 2.24) is 25.3 Å². The van der Waals surface area contributed by atoms with Crippen LogP contribution in [0.5, 0.6) is 0 Å². The van der Waals surface area contributed by atoms with Gasteiger partial charge in [-0.15, -0.1) is 5.10 Å². The highest BCUT2D eigenvalue weighted by atomic mass is 16.5. The summed E-state index contributed by atoms with van der Waals surface area (Å²) < 4.78 is 12.8. The number of carbonyl (C=O) groups is 1. The van der Waals surface area contributed by atoms with Gasteiger partial charge in [-0.25, -0.2) is 0 Å². The van der Waals surface area contributed by atoms with Gasteiger partial charge >= 0.3 is 0 Å². The van der Waals surface area contributed by atoms with Crippen molar-refractivity contribution in [3.63, 3.8) is 0 Å². The molecular weight excluding hydrogens is 362 g/mol. The molecule has 1 saturated heterocycles. The van der Waals surface area contributed by atoms with Crippen molar-refractivity contribution in [2.24, 2.45) is 0 Å². The van der Waals surface area contributed by atoms with Gasteiger partial charge in [-0.2, -0.15) is 0 Å². The summed E-state index contributed by atoms with van der Waals surface area (Å²) in [6.45, 7) is 0.986. The molecule has 3 rings (SSSR count). The minimum Gasteiger partial charge on any atom is -0.394 e. The lowest BCUT2D eigenvalue weighted by atomic mass is 9.97. The maximum absolute atomic E-state index is 12.3. The predicted molar refractivity (Wildman–Crippen MR) is 100 cm³/mol. The normalized spacial score (nSPS) is 22.1. The van der Waals surface area contributed by atoms with Gasteiger partial charge in [0.25, 0.3) is 0 Å². The van der Waals surface area contributed by atoms with Gasteiger partial charge in [0.2, 0.25) is 5.91 Å². The molecule has 0 spiro atoms. The third kappa shape index (κ3) is 5.82. The summed E-state index contributed by atoms with van der Waals surface area (Å²) in [5.41, 5.74) is 1.65. The van der Waals surface area contributed by atoms with Gasteiger partial charge in [0.05, 0.1) is 38.0 Å². The molecular formula is C19H27N5O4. The van der Waals surface area contributed by atoms with E-state index in [0.717, 1.165) is 30.5 Å². The summed E-state index contributed by atoms with van der Waals surface area (Å²) in [5.74, 6) is -0.0909. The van der Waals surface area contributed by atoms with Crippen molar-refractivity contribution < 1.29 is 19.4 Å². The van der Waals surface area contributed by atoms with E-state index in [1.165, 1.54) is 0 Å². The van der Waals surface area contributed by atoms with Crippen molar-refractivity contribution in [3.05, 3.63) is 42.0 Å². The Hall–Kier alpha value is -2.36. The van der Waals surface area contributed by atoms with Crippen LogP contribution in [0.15, 0.2) is 30.7 Å². The largest absolute Gasteiger partial charge is 0.394 e. The number of methoxy groups -OCH3 is 1. The summed E-state index contributed by atoms with van der Waals surface area (Å²) in [6.07, 6.45) is 7.43. The molecule has 152 valence electrons. The Balaban J connectivity index is 1.45. The van der Waals surface area contributed by atoms with Crippen LogP contribution in [0.25, 0.3) is 0 Å². The lowest BCUT2D eigenvalue weighted by Crippen LogP contribution is -2.51. The zero-order valence-corrected chi connectivity index (χ0v) is 16.0. The van der Waals surface area contributed by atoms with Crippen LogP contribution < -0.4 is 5.32 Å². The van der Waals surface area contributed by atoms with E-state index >= 15 is 0 Å². The maximum atomic E-state index is 12.3. The first kappa shape index (κ1) is 20.4. The van der Waals surface area contributed by atoms with Crippen molar-refractivity contribution >= 4 is 5.91 Å². The van der Waals surface area contributed by atoms with E-state index in [0.29, 0.717) is 13.2 Å². The van der Waals surface area contributed by atoms with Crippen LogP contribution in [0.4, 0.5) is 0 Å². The Kier molecular flexibility index (Phi) is 7.46. The second kappa shape index (κ2) is 10.3.